The lowest BCUT2D eigenvalue weighted by Crippen LogP contribution is -2.36. The Balaban J connectivity index is 1.62. The summed E-state index contributed by atoms with van der Waals surface area (Å²) < 4.78 is 0.999. The number of aryl methyl sites for hydroxylation is 1. The van der Waals surface area contributed by atoms with Gasteiger partial charge in [0, 0.05) is 5.39 Å². The maximum absolute atomic E-state index is 12.6. The number of nitrogens with zero attached hydrogens (tertiary/aromatic N) is 2. The van der Waals surface area contributed by atoms with Gasteiger partial charge in [-0.3, -0.25) is 14.4 Å². The molecule has 0 fully saturated rings. The Morgan fingerprint density at radius 1 is 1.11 bits per heavy atom. The number of aromatic nitrogens is 2. The zero-order chi connectivity index (χ0) is 19.0. The van der Waals surface area contributed by atoms with Crippen LogP contribution in [-0.2, 0) is 17.8 Å². The molecule has 7 nitrogen and oxygen atoms in total. The number of nitrogens with one attached hydrogen (secondary N) is 1. The largest absolute Gasteiger partial charge is 0.364 e. The average Bonchev–Trinajstić information content (AvgIpc) is 3.07. The maximum atomic E-state index is 12.6. The molecular formula is C20H18N4O3. The van der Waals surface area contributed by atoms with Crippen molar-refractivity contribution in [2.45, 2.75) is 25.4 Å². The fourth-order valence-corrected chi connectivity index (χ4v) is 3.61. The summed E-state index contributed by atoms with van der Waals surface area (Å²) in [5.41, 5.74) is 7.26. The summed E-state index contributed by atoms with van der Waals surface area (Å²) in [7, 11) is 0. The molecule has 0 aliphatic heterocycles. The zero-order valence-electron chi connectivity index (χ0n) is 14.5. The predicted octanol–water partition coefficient (Wildman–Crippen LogP) is 1.30. The van der Waals surface area contributed by atoms with Crippen molar-refractivity contribution >= 4 is 22.6 Å². The highest BCUT2D eigenvalue weighted by molar-refractivity contribution is 6.04. The smallest absolute Gasteiger partial charge is 0.275 e. The Bertz CT molecular complexity index is 1120. The topological polar surface area (TPSA) is 107 Å². The third kappa shape index (κ3) is 3.08. The zero-order valence-corrected chi connectivity index (χ0v) is 14.5. The van der Waals surface area contributed by atoms with Crippen LogP contribution in [-0.4, -0.2) is 21.6 Å². The molecule has 1 heterocycles. The number of hydrogen-bond acceptors (Lipinski definition) is 4. The Morgan fingerprint density at radius 3 is 2.59 bits per heavy atom. The fraction of sp³-hybridized carbons (Fsp3) is 0.200. The van der Waals surface area contributed by atoms with Crippen molar-refractivity contribution < 1.29 is 9.59 Å². The van der Waals surface area contributed by atoms with Crippen LogP contribution >= 0.6 is 0 Å². The minimum atomic E-state index is -0.745. The van der Waals surface area contributed by atoms with E-state index < -0.39 is 11.5 Å². The second-order valence-corrected chi connectivity index (χ2v) is 6.58. The average molecular weight is 362 g/mol. The first kappa shape index (κ1) is 17.0. The highest BCUT2D eigenvalue weighted by Crippen LogP contribution is 2.30. The van der Waals surface area contributed by atoms with Crippen molar-refractivity contribution in [2.24, 2.45) is 5.73 Å². The van der Waals surface area contributed by atoms with Gasteiger partial charge in [0.1, 0.15) is 6.54 Å². The van der Waals surface area contributed by atoms with E-state index >= 15 is 0 Å². The molecule has 0 bridgehead atoms. The van der Waals surface area contributed by atoms with E-state index in [2.05, 4.69) is 16.5 Å². The van der Waals surface area contributed by atoms with E-state index in [9.17, 15) is 14.4 Å². The SMILES string of the molecule is NC(=O)c1nn(CC(=O)N[C@H]2CCc3ccccc32)c(=O)c2ccccc12. The summed E-state index contributed by atoms with van der Waals surface area (Å²) in [5.74, 6) is -1.08. The number of fused-ring (bicyclic) bond motifs is 2. The fourth-order valence-electron chi connectivity index (χ4n) is 3.61. The van der Waals surface area contributed by atoms with Crippen molar-refractivity contribution in [3.8, 4) is 0 Å². The summed E-state index contributed by atoms with van der Waals surface area (Å²) >= 11 is 0. The quantitative estimate of drug-likeness (QED) is 0.729. The highest BCUT2D eigenvalue weighted by Gasteiger charge is 2.24. The summed E-state index contributed by atoms with van der Waals surface area (Å²) in [5, 5.41) is 7.67. The van der Waals surface area contributed by atoms with Crippen LogP contribution in [0, 0.1) is 0 Å². The summed E-state index contributed by atoms with van der Waals surface area (Å²) in [6.45, 7) is -0.275. The minimum absolute atomic E-state index is 0.0239. The Morgan fingerprint density at radius 2 is 1.81 bits per heavy atom. The van der Waals surface area contributed by atoms with Gasteiger partial charge in [-0.1, -0.05) is 42.5 Å². The predicted molar refractivity (Wildman–Crippen MR) is 100 cm³/mol. The lowest BCUT2D eigenvalue weighted by Gasteiger charge is -2.15. The molecule has 3 aromatic rings. The molecule has 1 aromatic heterocycles. The molecule has 0 unspecified atom stereocenters. The first-order valence-corrected chi connectivity index (χ1v) is 8.71. The molecule has 4 rings (SSSR count). The highest BCUT2D eigenvalue weighted by atomic mass is 16.2. The molecule has 27 heavy (non-hydrogen) atoms. The van der Waals surface area contributed by atoms with E-state index in [1.807, 2.05) is 18.2 Å². The van der Waals surface area contributed by atoms with Gasteiger partial charge in [0.05, 0.1) is 11.4 Å². The Labute approximate surface area is 154 Å². The van der Waals surface area contributed by atoms with Crippen LogP contribution in [0.15, 0.2) is 53.3 Å². The maximum Gasteiger partial charge on any atom is 0.275 e. The second kappa shape index (κ2) is 6.68. The van der Waals surface area contributed by atoms with E-state index in [0.717, 1.165) is 23.1 Å². The molecule has 7 heteroatoms. The molecule has 0 saturated heterocycles. The molecule has 1 aliphatic carbocycles. The van der Waals surface area contributed by atoms with E-state index in [1.54, 1.807) is 24.3 Å². The van der Waals surface area contributed by atoms with E-state index in [-0.39, 0.29) is 24.2 Å². The molecule has 2 aromatic carbocycles. The number of benzene rings is 2. The molecule has 1 aliphatic rings. The summed E-state index contributed by atoms with van der Waals surface area (Å²) in [6, 6.07) is 14.5. The second-order valence-electron chi connectivity index (χ2n) is 6.58. The number of nitrogens with two attached hydrogens (primary N) is 1. The number of carbonyl (C=O) groups excluding carboxylic acids is 2. The number of rotatable bonds is 4. The minimum Gasteiger partial charge on any atom is -0.364 e. The van der Waals surface area contributed by atoms with Gasteiger partial charge in [0.25, 0.3) is 11.5 Å². The normalized spacial score (nSPS) is 15.5. The molecule has 2 amide bonds. The number of hydrogen-bond donors (Lipinski definition) is 2. The Kier molecular flexibility index (Phi) is 4.19. The van der Waals surface area contributed by atoms with Crippen LogP contribution in [0.25, 0.3) is 10.8 Å². The molecule has 0 saturated carbocycles. The Hall–Kier alpha value is -3.48. The van der Waals surface area contributed by atoms with Crippen molar-refractivity contribution in [3.63, 3.8) is 0 Å². The lowest BCUT2D eigenvalue weighted by molar-refractivity contribution is -0.122. The summed E-state index contributed by atoms with van der Waals surface area (Å²) in [4.78, 5) is 36.9. The van der Waals surface area contributed by atoms with Crippen molar-refractivity contribution in [1.29, 1.82) is 0 Å². The third-order valence-electron chi connectivity index (χ3n) is 4.86. The molecule has 3 N–H and O–H groups in total. The third-order valence-corrected chi connectivity index (χ3v) is 4.86. The monoisotopic (exact) mass is 362 g/mol. The van der Waals surface area contributed by atoms with Gasteiger partial charge in [-0.05, 0) is 30.0 Å². The number of primary amides is 1. The van der Waals surface area contributed by atoms with Gasteiger partial charge in [0.15, 0.2) is 5.69 Å². The van der Waals surface area contributed by atoms with Gasteiger partial charge in [-0.2, -0.15) is 5.10 Å². The van der Waals surface area contributed by atoms with E-state index in [1.165, 1.54) is 5.56 Å². The lowest BCUT2D eigenvalue weighted by atomic mass is 10.1. The molecular weight excluding hydrogens is 344 g/mol. The molecule has 1 atom stereocenters. The number of amides is 2. The standard InChI is InChI=1S/C20H18N4O3/c21-19(26)18-14-7-3-4-8-15(14)20(27)24(23-18)11-17(25)22-16-10-9-12-5-1-2-6-13(12)16/h1-8,16H,9-11H2,(H2,21,26)(H,22,25)/t16-/m0/s1. The van der Waals surface area contributed by atoms with Crippen LogP contribution in [0.1, 0.15) is 34.1 Å². The molecule has 0 radical (unpaired) electrons. The first-order chi connectivity index (χ1) is 13.0. The van der Waals surface area contributed by atoms with Gasteiger partial charge in [-0.15, -0.1) is 0 Å². The van der Waals surface area contributed by atoms with Gasteiger partial charge in [0.2, 0.25) is 5.91 Å². The first-order valence-electron chi connectivity index (χ1n) is 8.71. The van der Waals surface area contributed by atoms with E-state index in [4.69, 9.17) is 5.73 Å². The van der Waals surface area contributed by atoms with Crippen molar-refractivity contribution in [1.82, 2.24) is 15.1 Å². The van der Waals surface area contributed by atoms with Crippen LogP contribution < -0.4 is 16.6 Å². The summed E-state index contributed by atoms with van der Waals surface area (Å²) in [6.07, 6.45) is 1.72. The van der Waals surface area contributed by atoms with Gasteiger partial charge < -0.3 is 11.1 Å². The van der Waals surface area contributed by atoms with Crippen LogP contribution in [0.3, 0.4) is 0 Å². The molecule has 136 valence electrons. The van der Waals surface area contributed by atoms with Gasteiger partial charge >= 0.3 is 0 Å². The van der Waals surface area contributed by atoms with Crippen LogP contribution in [0.4, 0.5) is 0 Å². The van der Waals surface area contributed by atoms with E-state index in [0.29, 0.717) is 10.8 Å². The van der Waals surface area contributed by atoms with Crippen LogP contribution in [0.2, 0.25) is 0 Å². The van der Waals surface area contributed by atoms with Crippen molar-refractivity contribution in [2.75, 3.05) is 0 Å². The number of carbonyl (C=O) groups is 2. The van der Waals surface area contributed by atoms with Gasteiger partial charge in [-0.25, -0.2) is 4.68 Å². The van der Waals surface area contributed by atoms with Crippen LogP contribution in [0.5, 0.6) is 0 Å². The van der Waals surface area contributed by atoms with Crippen molar-refractivity contribution in [3.05, 3.63) is 75.7 Å². The molecule has 0 spiro atoms.